The monoisotopic (exact) mass is 257 g/mol. The Labute approximate surface area is 109 Å². The zero-order chi connectivity index (χ0) is 13.8. The van der Waals surface area contributed by atoms with Crippen LogP contribution in [-0.2, 0) is 6.54 Å². The van der Waals surface area contributed by atoms with Crippen molar-refractivity contribution in [3.8, 4) is 6.07 Å². The van der Waals surface area contributed by atoms with Gasteiger partial charge in [-0.25, -0.2) is 0 Å². The van der Waals surface area contributed by atoms with Crippen LogP contribution in [0.5, 0.6) is 0 Å². The van der Waals surface area contributed by atoms with Crippen molar-refractivity contribution in [2.45, 2.75) is 6.54 Å². The van der Waals surface area contributed by atoms with Crippen LogP contribution >= 0.6 is 0 Å². The minimum Gasteiger partial charge on any atom is -0.472 e. The number of hydrogen-bond donors (Lipinski definition) is 0. The smallest absolute Gasteiger partial charge is 0.289 e. The zero-order valence-corrected chi connectivity index (χ0v) is 10.2. The van der Waals surface area contributed by atoms with Gasteiger partial charge in [0.25, 0.3) is 5.69 Å². The zero-order valence-electron chi connectivity index (χ0n) is 10.2. The molecule has 0 aliphatic rings. The minimum atomic E-state index is -0.548. The molecule has 0 amide bonds. The summed E-state index contributed by atoms with van der Waals surface area (Å²) in [5.74, 6) is 0. The quantitative estimate of drug-likeness (QED) is 0.621. The average Bonchev–Trinajstić information content (AvgIpc) is 2.90. The second-order valence-corrected chi connectivity index (χ2v) is 4.06. The van der Waals surface area contributed by atoms with Gasteiger partial charge in [-0.1, -0.05) is 0 Å². The Kier molecular flexibility index (Phi) is 3.48. The van der Waals surface area contributed by atoms with Crippen molar-refractivity contribution in [2.75, 3.05) is 11.9 Å². The maximum absolute atomic E-state index is 10.9. The number of hydrogen-bond acceptors (Lipinski definition) is 5. The first-order valence-electron chi connectivity index (χ1n) is 5.52. The fourth-order valence-corrected chi connectivity index (χ4v) is 1.75. The average molecular weight is 257 g/mol. The van der Waals surface area contributed by atoms with E-state index in [4.69, 9.17) is 9.68 Å². The number of nitriles is 1. The summed E-state index contributed by atoms with van der Waals surface area (Å²) in [5.41, 5.74) is 1.52. The van der Waals surface area contributed by atoms with Gasteiger partial charge in [0.2, 0.25) is 0 Å². The molecule has 0 spiro atoms. The van der Waals surface area contributed by atoms with Crippen LogP contribution in [0.2, 0.25) is 0 Å². The van der Waals surface area contributed by atoms with Gasteiger partial charge in [-0.3, -0.25) is 10.1 Å². The predicted molar refractivity (Wildman–Crippen MR) is 68.6 cm³/mol. The summed E-state index contributed by atoms with van der Waals surface area (Å²) < 4.78 is 4.97. The molecule has 0 atom stereocenters. The number of rotatable bonds is 4. The van der Waals surface area contributed by atoms with Crippen LogP contribution in [0.15, 0.2) is 41.2 Å². The highest BCUT2D eigenvalue weighted by Crippen LogP contribution is 2.25. The highest BCUT2D eigenvalue weighted by atomic mass is 16.6. The molecule has 0 aliphatic carbocycles. The van der Waals surface area contributed by atoms with Crippen LogP contribution in [0.3, 0.4) is 0 Å². The molecule has 0 saturated heterocycles. The van der Waals surface area contributed by atoms with Crippen LogP contribution in [0.25, 0.3) is 0 Å². The van der Waals surface area contributed by atoms with E-state index in [9.17, 15) is 10.1 Å². The lowest BCUT2D eigenvalue weighted by Gasteiger charge is -2.18. The standard InChI is InChI=1S/C13H11N3O3/c1-15(8-10-4-5-19-9-10)12-3-2-11(7-14)13(6-12)16(17)18/h2-6,9H,8H2,1H3. The lowest BCUT2D eigenvalue weighted by atomic mass is 10.1. The van der Waals surface area contributed by atoms with Crippen LogP contribution in [0.4, 0.5) is 11.4 Å². The molecule has 0 radical (unpaired) electrons. The maximum atomic E-state index is 10.9. The summed E-state index contributed by atoms with van der Waals surface area (Å²) in [6.07, 6.45) is 3.19. The van der Waals surface area contributed by atoms with Crippen molar-refractivity contribution in [3.63, 3.8) is 0 Å². The molecule has 0 aliphatic heterocycles. The van der Waals surface area contributed by atoms with E-state index in [1.807, 2.05) is 24.1 Å². The molecule has 0 bridgehead atoms. The molecule has 0 fully saturated rings. The van der Waals surface area contributed by atoms with E-state index in [1.54, 1.807) is 18.6 Å². The van der Waals surface area contributed by atoms with Gasteiger partial charge in [0.05, 0.1) is 17.4 Å². The molecular weight excluding hydrogens is 246 g/mol. The fourth-order valence-electron chi connectivity index (χ4n) is 1.75. The molecule has 2 aromatic rings. The van der Waals surface area contributed by atoms with E-state index in [0.717, 1.165) is 5.56 Å². The Balaban J connectivity index is 2.28. The summed E-state index contributed by atoms with van der Waals surface area (Å²) in [5, 5.41) is 19.7. The van der Waals surface area contributed by atoms with Gasteiger partial charge in [-0.2, -0.15) is 5.26 Å². The predicted octanol–water partition coefficient (Wildman–Crippen LogP) is 2.70. The van der Waals surface area contributed by atoms with Crippen LogP contribution < -0.4 is 4.90 Å². The largest absolute Gasteiger partial charge is 0.472 e. The van der Waals surface area contributed by atoms with Crippen molar-refractivity contribution < 1.29 is 9.34 Å². The molecule has 6 heteroatoms. The molecule has 1 heterocycles. The van der Waals surface area contributed by atoms with Gasteiger partial charge in [0.15, 0.2) is 0 Å². The van der Waals surface area contributed by atoms with Crippen LogP contribution in [0, 0.1) is 21.4 Å². The second kappa shape index (κ2) is 5.23. The van der Waals surface area contributed by atoms with Gasteiger partial charge in [-0.05, 0) is 18.2 Å². The van der Waals surface area contributed by atoms with E-state index < -0.39 is 4.92 Å². The number of nitro groups is 1. The molecule has 2 rings (SSSR count). The SMILES string of the molecule is CN(Cc1ccoc1)c1ccc(C#N)c([N+](=O)[O-])c1. The number of furan rings is 1. The lowest BCUT2D eigenvalue weighted by Crippen LogP contribution is -2.16. The fraction of sp³-hybridized carbons (Fsp3) is 0.154. The molecule has 1 aromatic heterocycles. The van der Waals surface area contributed by atoms with Gasteiger partial charge < -0.3 is 9.32 Å². The molecule has 0 saturated carbocycles. The number of nitro benzene ring substituents is 1. The molecule has 6 nitrogen and oxygen atoms in total. The van der Waals surface area contributed by atoms with Crippen molar-refractivity contribution in [3.05, 3.63) is 58.0 Å². The Morgan fingerprint density at radius 3 is 2.84 bits per heavy atom. The van der Waals surface area contributed by atoms with E-state index >= 15 is 0 Å². The van der Waals surface area contributed by atoms with Gasteiger partial charge in [0, 0.05) is 30.9 Å². The molecule has 19 heavy (non-hydrogen) atoms. The highest BCUT2D eigenvalue weighted by molar-refractivity contribution is 5.60. The van der Waals surface area contributed by atoms with E-state index in [0.29, 0.717) is 12.2 Å². The third kappa shape index (κ3) is 2.72. The van der Waals surface area contributed by atoms with Gasteiger partial charge in [-0.15, -0.1) is 0 Å². The van der Waals surface area contributed by atoms with Gasteiger partial charge in [0.1, 0.15) is 11.6 Å². The third-order valence-corrected chi connectivity index (χ3v) is 2.74. The van der Waals surface area contributed by atoms with E-state index in [2.05, 4.69) is 0 Å². The summed E-state index contributed by atoms with van der Waals surface area (Å²) in [6, 6.07) is 8.19. The molecule has 0 unspecified atom stereocenters. The van der Waals surface area contributed by atoms with Crippen LogP contribution in [-0.4, -0.2) is 12.0 Å². The maximum Gasteiger partial charge on any atom is 0.289 e. The first-order valence-corrected chi connectivity index (χ1v) is 5.52. The summed E-state index contributed by atoms with van der Waals surface area (Å²) in [7, 11) is 1.82. The summed E-state index contributed by atoms with van der Waals surface area (Å²) >= 11 is 0. The van der Waals surface area contributed by atoms with E-state index in [1.165, 1.54) is 12.1 Å². The molecular formula is C13H11N3O3. The first-order chi connectivity index (χ1) is 9.11. The third-order valence-electron chi connectivity index (χ3n) is 2.74. The van der Waals surface area contributed by atoms with Gasteiger partial charge >= 0.3 is 0 Å². The lowest BCUT2D eigenvalue weighted by molar-refractivity contribution is -0.385. The second-order valence-electron chi connectivity index (χ2n) is 4.06. The van der Waals surface area contributed by atoms with Crippen molar-refractivity contribution in [1.82, 2.24) is 0 Å². The number of benzene rings is 1. The normalized spacial score (nSPS) is 9.89. The molecule has 0 N–H and O–H groups in total. The summed E-state index contributed by atoms with van der Waals surface area (Å²) in [6.45, 7) is 0.569. The Bertz CT molecular complexity index is 629. The van der Waals surface area contributed by atoms with Crippen molar-refractivity contribution >= 4 is 11.4 Å². The van der Waals surface area contributed by atoms with E-state index in [-0.39, 0.29) is 11.3 Å². The minimum absolute atomic E-state index is 0.0606. The number of nitrogens with zero attached hydrogens (tertiary/aromatic N) is 3. The first kappa shape index (κ1) is 12.6. The Morgan fingerprint density at radius 1 is 1.47 bits per heavy atom. The molecule has 1 aromatic carbocycles. The number of anilines is 1. The molecule has 96 valence electrons. The van der Waals surface area contributed by atoms with Crippen LogP contribution in [0.1, 0.15) is 11.1 Å². The Hall–Kier alpha value is -2.81. The summed E-state index contributed by atoms with van der Waals surface area (Å²) in [4.78, 5) is 12.2. The topological polar surface area (TPSA) is 83.3 Å². The highest BCUT2D eigenvalue weighted by Gasteiger charge is 2.15. The van der Waals surface area contributed by atoms with Crippen molar-refractivity contribution in [1.29, 1.82) is 5.26 Å². The Morgan fingerprint density at radius 2 is 2.26 bits per heavy atom. The van der Waals surface area contributed by atoms with Crippen molar-refractivity contribution in [2.24, 2.45) is 0 Å².